The minimum absolute atomic E-state index is 0.256. The summed E-state index contributed by atoms with van der Waals surface area (Å²) in [5.41, 5.74) is 0.878. The van der Waals surface area contributed by atoms with E-state index < -0.39 is 0 Å². The number of aldehydes is 1. The standard InChI is InChI=1S/C17H24O2/c1-17(2,14-9-5-3-6-10-14)16(13-18)19-15-11-7-4-8-12-15/h3,5-6,9-10,13,15-16H,4,7-8,11-12H2,1-2H3. The lowest BCUT2D eigenvalue weighted by atomic mass is 9.79. The van der Waals surface area contributed by atoms with Crippen molar-refractivity contribution in [2.24, 2.45) is 0 Å². The molecule has 1 aliphatic rings. The second-order valence-corrected chi connectivity index (χ2v) is 6.04. The van der Waals surface area contributed by atoms with E-state index in [2.05, 4.69) is 26.0 Å². The highest BCUT2D eigenvalue weighted by atomic mass is 16.5. The van der Waals surface area contributed by atoms with Crippen LogP contribution in [0.5, 0.6) is 0 Å². The predicted octanol–water partition coefficient (Wildman–Crippen LogP) is 3.88. The molecule has 0 N–H and O–H groups in total. The zero-order chi connectivity index (χ0) is 13.7. The summed E-state index contributed by atoms with van der Waals surface area (Å²) in [4.78, 5) is 11.5. The molecule has 0 aromatic heterocycles. The Balaban J connectivity index is 2.09. The number of ether oxygens (including phenoxy) is 1. The molecule has 1 unspecified atom stereocenters. The van der Waals surface area contributed by atoms with Crippen molar-refractivity contribution in [3.8, 4) is 0 Å². The van der Waals surface area contributed by atoms with Crippen molar-refractivity contribution in [2.75, 3.05) is 0 Å². The van der Waals surface area contributed by atoms with Gasteiger partial charge in [-0.1, -0.05) is 63.4 Å². The topological polar surface area (TPSA) is 26.3 Å². The Morgan fingerprint density at radius 2 is 1.79 bits per heavy atom. The van der Waals surface area contributed by atoms with E-state index in [1.54, 1.807) is 0 Å². The first-order valence-corrected chi connectivity index (χ1v) is 7.31. The molecule has 1 saturated carbocycles. The minimum Gasteiger partial charge on any atom is -0.367 e. The molecule has 2 nitrogen and oxygen atoms in total. The van der Waals surface area contributed by atoms with Gasteiger partial charge < -0.3 is 9.53 Å². The van der Waals surface area contributed by atoms with Gasteiger partial charge in [0, 0.05) is 5.41 Å². The van der Waals surface area contributed by atoms with E-state index in [0.717, 1.165) is 24.7 Å². The van der Waals surface area contributed by atoms with Gasteiger partial charge >= 0.3 is 0 Å². The molecule has 0 aliphatic heterocycles. The van der Waals surface area contributed by atoms with Gasteiger partial charge in [-0.25, -0.2) is 0 Å². The highest BCUT2D eigenvalue weighted by molar-refractivity contribution is 5.60. The van der Waals surface area contributed by atoms with Crippen molar-refractivity contribution < 1.29 is 9.53 Å². The molecule has 0 bridgehead atoms. The lowest BCUT2D eigenvalue weighted by Crippen LogP contribution is -2.40. The molecule has 2 rings (SSSR count). The van der Waals surface area contributed by atoms with Crippen LogP contribution in [0.3, 0.4) is 0 Å². The second-order valence-electron chi connectivity index (χ2n) is 6.04. The quantitative estimate of drug-likeness (QED) is 0.751. The predicted molar refractivity (Wildman–Crippen MR) is 77.3 cm³/mol. The van der Waals surface area contributed by atoms with Crippen molar-refractivity contribution in [3.63, 3.8) is 0 Å². The maximum absolute atomic E-state index is 11.5. The van der Waals surface area contributed by atoms with Crippen molar-refractivity contribution in [3.05, 3.63) is 35.9 Å². The van der Waals surface area contributed by atoms with E-state index in [4.69, 9.17) is 4.74 Å². The Morgan fingerprint density at radius 3 is 2.37 bits per heavy atom. The Labute approximate surface area is 116 Å². The number of hydrogen-bond donors (Lipinski definition) is 0. The van der Waals surface area contributed by atoms with Crippen molar-refractivity contribution in [1.29, 1.82) is 0 Å². The molecule has 0 amide bonds. The van der Waals surface area contributed by atoms with Gasteiger partial charge in [0.05, 0.1) is 6.10 Å². The summed E-state index contributed by atoms with van der Waals surface area (Å²) >= 11 is 0. The fraction of sp³-hybridized carbons (Fsp3) is 0.588. The molecule has 0 radical (unpaired) electrons. The molecule has 1 aromatic carbocycles. The van der Waals surface area contributed by atoms with Crippen LogP contribution in [-0.2, 0) is 14.9 Å². The van der Waals surface area contributed by atoms with Gasteiger partial charge in [0.25, 0.3) is 0 Å². The van der Waals surface area contributed by atoms with Crippen molar-refractivity contribution in [2.45, 2.75) is 63.6 Å². The Morgan fingerprint density at radius 1 is 1.16 bits per heavy atom. The molecule has 1 atom stereocenters. The first-order valence-electron chi connectivity index (χ1n) is 7.31. The normalized spacial score (nSPS) is 19.1. The summed E-state index contributed by atoms with van der Waals surface area (Å²) in [7, 11) is 0. The summed E-state index contributed by atoms with van der Waals surface area (Å²) in [5, 5.41) is 0. The lowest BCUT2D eigenvalue weighted by Gasteiger charge is -2.35. The first kappa shape index (κ1) is 14.3. The SMILES string of the molecule is CC(C)(c1ccccc1)C(C=O)OC1CCCCC1. The Hall–Kier alpha value is -1.15. The molecular formula is C17H24O2. The molecular weight excluding hydrogens is 236 g/mol. The maximum Gasteiger partial charge on any atom is 0.149 e. The van der Waals surface area contributed by atoms with Crippen LogP contribution < -0.4 is 0 Å². The van der Waals surface area contributed by atoms with Crippen LogP contribution in [0.2, 0.25) is 0 Å². The van der Waals surface area contributed by atoms with Crippen LogP contribution in [0, 0.1) is 0 Å². The van der Waals surface area contributed by atoms with Gasteiger partial charge in [0.1, 0.15) is 12.4 Å². The average Bonchev–Trinajstić information content (AvgIpc) is 2.46. The van der Waals surface area contributed by atoms with Gasteiger partial charge in [-0.2, -0.15) is 0 Å². The van der Waals surface area contributed by atoms with Crippen LogP contribution in [0.1, 0.15) is 51.5 Å². The fourth-order valence-electron chi connectivity index (χ4n) is 2.81. The molecule has 2 heteroatoms. The van der Waals surface area contributed by atoms with E-state index in [0.29, 0.717) is 0 Å². The van der Waals surface area contributed by atoms with E-state index in [1.807, 2.05) is 18.2 Å². The minimum atomic E-state index is -0.363. The summed E-state index contributed by atoms with van der Waals surface area (Å²) in [6.45, 7) is 4.18. The molecule has 1 aliphatic carbocycles. The number of carbonyl (C=O) groups is 1. The molecule has 1 aromatic rings. The van der Waals surface area contributed by atoms with Crippen LogP contribution in [0.15, 0.2) is 30.3 Å². The summed E-state index contributed by atoms with van der Waals surface area (Å²) in [6.07, 6.45) is 6.80. The van der Waals surface area contributed by atoms with Crippen LogP contribution >= 0.6 is 0 Å². The lowest BCUT2D eigenvalue weighted by molar-refractivity contribution is -0.129. The van der Waals surface area contributed by atoms with Gasteiger partial charge in [0.2, 0.25) is 0 Å². The Kier molecular flexibility index (Phi) is 4.76. The van der Waals surface area contributed by atoms with E-state index in [1.165, 1.54) is 19.3 Å². The molecule has 19 heavy (non-hydrogen) atoms. The van der Waals surface area contributed by atoms with Crippen molar-refractivity contribution in [1.82, 2.24) is 0 Å². The summed E-state index contributed by atoms with van der Waals surface area (Å²) < 4.78 is 6.09. The van der Waals surface area contributed by atoms with Gasteiger partial charge in [0.15, 0.2) is 0 Å². The second kappa shape index (κ2) is 6.33. The summed E-state index contributed by atoms with van der Waals surface area (Å²) in [5.74, 6) is 0. The molecule has 104 valence electrons. The smallest absolute Gasteiger partial charge is 0.149 e. The molecule has 0 spiro atoms. The third kappa shape index (κ3) is 3.44. The zero-order valence-electron chi connectivity index (χ0n) is 12.0. The van der Waals surface area contributed by atoms with Crippen LogP contribution in [0.25, 0.3) is 0 Å². The average molecular weight is 260 g/mol. The van der Waals surface area contributed by atoms with Crippen LogP contribution in [-0.4, -0.2) is 18.5 Å². The molecule has 0 saturated heterocycles. The third-order valence-corrected chi connectivity index (χ3v) is 4.24. The molecule has 1 fully saturated rings. The number of rotatable bonds is 5. The number of carbonyl (C=O) groups excluding carboxylic acids is 1. The van der Waals surface area contributed by atoms with Gasteiger partial charge in [-0.15, -0.1) is 0 Å². The highest BCUT2D eigenvalue weighted by Gasteiger charge is 2.34. The van der Waals surface area contributed by atoms with Gasteiger partial charge in [-0.3, -0.25) is 0 Å². The number of hydrogen-bond acceptors (Lipinski definition) is 2. The third-order valence-electron chi connectivity index (χ3n) is 4.24. The van der Waals surface area contributed by atoms with E-state index in [-0.39, 0.29) is 17.6 Å². The fourth-order valence-corrected chi connectivity index (χ4v) is 2.81. The largest absolute Gasteiger partial charge is 0.367 e. The Bertz CT molecular complexity index is 391. The van der Waals surface area contributed by atoms with E-state index >= 15 is 0 Å². The van der Waals surface area contributed by atoms with E-state index in [9.17, 15) is 4.79 Å². The molecule has 0 heterocycles. The number of benzene rings is 1. The summed E-state index contributed by atoms with van der Waals surface area (Å²) in [6, 6.07) is 10.2. The van der Waals surface area contributed by atoms with Crippen LogP contribution in [0.4, 0.5) is 0 Å². The van der Waals surface area contributed by atoms with Gasteiger partial charge in [-0.05, 0) is 18.4 Å². The maximum atomic E-state index is 11.5. The zero-order valence-corrected chi connectivity index (χ0v) is 12.0. The monoisotopic (exact) mass is 260 g/mol. The highest BCUT2D eigenvalue weighted by Crippen LogP contribution is 2.31. The first-order chi connectivity index (χ1) is 9.14. The van der Waals surface area contributed by atoms with Crippen molar-refractivity contribution >= 4 is 6.29 Å².